The van der Waals surface area contributed by atoms with Crippen LogP contribution in [0.2, 0.25) is 0 Å². The van der Waals surface area contributed by atoms with Gasteiger partial charge in [0, 0.05) is 0 Å². The van der Waals surface area contributed by atoms with Crippen molar-refractivity contribution in [2.24, 2.45) is 12.8 Å². The highest BCUT2D eigenvalue weighted by molar-refractivity contribution is 5.73. The molecule has 1 unspecified atom stereocenters. The number of nitrogens with two attached hydrogens (primary N) is 1. The van der Waals surface area contributed by atoms with Crippen molar-refractivity contribution in [1.29, 1.82) is 0 Å². The Morgan fingerprint density at radius 2 is 2.05 bits per heavy atom. The number of carbonyl (C=O) groups is 1. The van der Waals surface area contributed by atoms with Crippen LogP contribution >= 0.6 is 0 Å². The minimum Gasteiger partial charge on any atom is -0.480 e. The van der Waals surface area contributed by atoms with Crippen molar-refractivity contribution in [3.8, 4) is 0 Å². The van der Waals surface area contributed by atoms with Crippen molar-refractivity contribution in [2.75, 3.05) is 0 Å². The maximum absolute atomic E-state index is 10.4. The molecule has 0 amide bonds. The second kappa shape index (κ2) is 8.12. The smallest absolute Gasteiger partial charge is 0.320 e. The molecule has 1 aromatic heterocycles. The summed E-state index contributed by atoms with van der Waals surface area (Å²) in [6.07, 6.45) is 6.53. The largest absolute Gasteiger partial charge is 0.480 e. The number of hydrogen-bond donors (Lipinski definition) is 2. The fourth-order valence-electron chi connectivity index (χ4n) is 1.64. The lowest BCUT2D eigenvalue weighted by molar-refractivity contribution is -0.671. The Morgan fingerprint density at radius 1 is 1.40 bits per heavy atom. The first-order valence-electron chi connectivity index (χ1n) is 6.56. The zero-order chi connectivity index (χ0) is 15.0. The molecular formula is C15H22N3O2+. The van der Waals surface area contributed by atoms with Gasteiger partial charge >= 0.3 is 5.97 Å². The van der Waals surface area contributed by atoms with E-state index in [0.717, 1.165) is 12.1 Å². The van der Waals surface area contributed by atoms with Gasteiger partial charge in [-0.05, 0) is 18.9 Å². The highest BCUT2D eigenvalue weighted by Crippen LogP contribution is 2.01. The zero-order valence-corrected chi connectivity index (χ0v) is 11.9. The Balaban J connectivity index is 0.000000217. The van der Waals surface area contributed by atoms with E-state index in [1.165, 1.54) is 0 Å². The van der Waals surface area contributed by atoms with Gasteiger partial charge in [-0.15, -0.1) is 0 Å². The number of benzene rings is 1. The third kappa shape index (κ3) is 5.67. The number of hydrogen-bond acceptors (Lipinski definition) is 2. The molecule has 2 aromatic rings. The normalized spacial score (nSPS) is 11.3. The van der Waals surface area contributed by atoms with E-state index in [4.69, 9.17) is 10.8 Å². The topological polar surface area (TPSA) is 72.1 Å². The molecule has 108 valence electrons. The average molecular weight is 276 g/mol. The van der Waals surface area contributed by atoms with Crippen LogP contribution in [0, 0.1) is 0 Å². The summed E-state index contributed by atoms with van der Waals surface area (Å²) in [5, 5.41) is 8.52. The number of carboxylic acids is 1. The Hall–Kier alpha value is -2.14. The van der Waals surface area contributed by atoms with E-state index < -0.39 is 12.0 Å². The first-order valence-corrected chi connectivity index (χ1v) is 6.56. The summed E-state index contributed by atoms with van der Waals surface area (Å²) >= 11 is 0. The number of carboxylic acid groups (broad SMARTS) is 1. The molecule has 0 aliphatic carbocycles. The molecule has 0 saturated carbocycles. The molecule has 5 heteroatoms. The van der Waals surface area contributed by atoms with Crippen LogP contribution in [-0.2, 0) is 24.8 Å². The molecular weight excluding hydrogens is 254 g/mol. The Labute approximate surface area is 119 Å². The standard InChI is InChI=1S/C9H11NO2.C6H11N2/c10-8(9(11)12)6-7-4-2-1-3-5-7;1-3-8-5-4-7(2)6-8/h1-5,8H,6,10H2,(H,11,12);4-6H,3H2,1-2H3/q;+1. The molecule has 5 nitrogen and oxygen atoms in total. The zero-order valence-electron chi connectivity index (χ0n) is 11.9. The summed E-state index contributed by atoms with van der Waals surface area (Å²) in [6, 6.07) is 8.54. The molecule has 0 saturated heterocycles. The fraction of sp³-hybridized carbons (Fsp3) is 0.333. The molecule has 3 N–H and O–H groups in total. The maximum Gasteiger partial charge on any atom is 0.320 e. The van der Waals surface area contributed by atoms with E-state index in [-0.39, 0.29) is 0 Å². The quantitative estimate of drug-likeness (QED) is 0.817. The minimum atomic E-state index is -0.959. The lowest BCUT2D eigenvalue weighted by Gasteiger charge is -2.04. The summed E-state index contributed by atoms with van der Waals surface area (Å²) in [6.45, 7) is 3.18. The summed E-state index contributed by atoms with van der Waals surface area (Å²) in [7, 11) is 2.02. The number of aromatic nitrogens is 2. The molecule has 0 fully saturated rings. The van der Waals surface area contributed by atoms with Crippen LogP contribution in [-0.4, -0.2) is 21.7 Å². The highest BCUT2D eigenvalue weighted by Gasteiger charge is 2.10. The first-order chi connectivity index (χ1) is 9.52. The Bertz CT molecular complexity index is 523. The molecule has 1 aromatic carbocycles. The number of aliphatic carboxylic acids is 1. The first kappa shape index (κ1) is 15.9. The number of imidazole rings is 1. The number of rotatable bonds is 4. The van der Waals surface area contributed by atoms with Crippen molar-refractivity contribution < 1.29 is 14.5 Å². The van der Waals surface area contributed by atoms with Gasteiger partial charge in [-0.25, -0.2) is 9.13 Å². The molecule has 0 bridgehead atoms. The summed E-state index contributed by atoms with van der Waals surface area (Å²) in [5.41, 5.74) is 6.30. The molecule has 0 aliphatic rings. The molecule has 0 spiro atoms. The van der Waals surface area contributed by atoms with Gasteiger partial charge in [0.2, 0.25) is 6.33 Å². The average Bonchev–Trinajstić information content (AvgIpc) is 2.86. The van der Waals surface area contributed by atoms with Gasteiger partial charge in [0.1, 0.15) is 18.4 Å². The van der Waals surface area contributed by atoms with E-state index in [1.807, 2.05) is 48.1 Å². The van der Waals surface area contributed by atoms with Crippen LogP contribution in [0.5, 0.6) is 0 Å². The summed E-state index contributed by atoms with van der Waals surface area (Å²) in [5.74, 6) is -0.959. The van der Waals surface area contributed by atoms with E-state index in [0.29, 0.717) is 6.42 Å². The van der Waals surface area contributed by atoms with E-state index in [9.17, 15) is 4.79 Å². The van der Waals surface area contributed by atoms with Crippen molar-refractivity contribution >= 4 is 5.97 Å². The Kier molecular flexibility index (Phi) is 6.46. The monoisotopic (exact) mass is 276 g/mol. The predicted molar refractivity (Wildman–Crippen MR) is 77.0 cm³/mol. The fourth-order valence-corrected chi connectivity index (χ4v) is 1.64. The maximum atomic E-state index is 10.4. The van der Waals surface area contributed by atoms with Crippen LogP contribution in [0.25, 0.3) is 0 Å². The third-order valence-electron chi connectivity index (χ3n) is 2.80. The van der Waals surface area contributed by atoms with Crippen molar-refractivity contribution in [3.05, 3.63) is 54.6 Å². The molecule has 20 heavy (non-hydrogen) atoms. The molecule has 0 aliphatic heterocycles. The number of aryl methyl sites for hydroxylation is 2. The van der Waals surface area contributed by atoms with Gasteiger partial charge in [0.25, 0.3) is 0 Å². The van der Waals surface area contributed by atoms with Crippen LogP contribution in [0.4, 0.5) is 0 Å². The van der Waals surface area contributed by atoms with E-state index >= 15 is 0 Å². The van der Waals surface area contributed by atoms with Crippen molar-refractivity contribution in [1.82, 2.24) is 4.57 Å². The lowest BCUT2D eigenvalue weighted by Crippen LogP contribution is -2.32. The van der Waals surface area contributed by atoms with Crippen molar-refractivity contribution in [2.45, 2.75) is 25.9 Å². The second-order valence-electron chi connectivity index (χ2n) is 4.54. The third-order valence-corrected chi connectivity index (χ3v) is 2.80. The predicted octanol–water partition coefficient (Wildman–Crippen LogP) is 0.973. The van der Waals surface area contributed by atoms with Gasteiger partial charge < -0.3 is 10.8 Å². The van der Waals surface area contributed by atoms with Crippen molar-refractivity contribution in [3.63, 3.8) is 0 Å². The van der Waals surface area contributed by atoms with E-state index in [2.05, 4.69) is 24.0 Å². The Morgan fingerprint density at radius 3 is 2.45 bits per heavy atom. The van der Waals surface area contributed by atoms with Crippen LogP contribution < -0.4 is 10.3 Å². The second-order valence-corrected chi connectivity index (χ2v) is 4.54. The highest BCUT2D eigenvalue weighted by atomic mass is 16.4. The SMILES string of the molecule is CCn1cc[n+](C)c1.NC(Cc1ccccc1)C(=O)O. The van der Waals surface area contributed by atoms with Gasteiger partial charge in [-0.3, -0.25) is 4.79 Å². The lowest BCUT2D eigenvalue weighted by atomic mass is 10.1. The molecule has 0 radical (unpaired) electrons. The van der Waals surface area contributed by atoms with Gasteiger partial charge in [-0.2, -0.15) is 0 Å². The molecule has 1 heterocycles. The van der Waals surface area contributed by atoms with Crippen LogP contribution in [0.1, 0.15) is 12.5 Å². The van der Waals surface area contributed by atoms with Gasteiger partial charge in [0.05, 0.1) is 13.6 Å². The molecule has 1 atom stereocenters. The summed E-state index contributed by atoms with van der Waals surface area (Å²) in [4.78, 5) is 10.4. The minimum absolute atomic E-state index is 0.385. The van der Waals surface area contributed by atoms with Gasteiger partial charge in [-0.1, -0.05) is 30.3 Å². The van der Waals surface area contributed by atoms with Crippen LogP contribution in [0.3, 0.4) is 0 Å². The van der Waals surface area contributed by atoms with Crippen LogP contribution in [0.15, 0.2) is 49.1 Å². The summed E-state index contributed by atoms with van der Waals surface area (Å²) < 4.78 is 4.16. The van der Waals surface area contributed by atoms with E-state index in [1.54, 1.807) is 0 Å². The molecule has 2 rings (SSSR count). The number of nitrogens with zero attached hydrogens (tertiary/aromatic N) is 2. The van der Waals surface area contributed by atoms with Gasteiger partial charge in [0.15, 0.2) is 0 Å².